The fourth-order valence-corrected chi connectivity index (χ4v) is 6.03. The number of fused-ring (bicyclic) bond motifs is 1. The summed E-state index contributed by atoms with van der Waals surface area (Å²) in [6, 6.07) is 24.9. The zero-order valence-corrected chi connectivity index (χ0v) is 21.8. The maximum atomic E-state index is 10.2. The third-order valence-electron chi connectivity index (χ3n) is 7.96. The Morgan fingerprint density at radius 3 is 2.53 bits per heavy atom. The number of phenolic OH excluding ortho intramolecular Hbond substituents is 1. The van der Waals surface area contributed by atoms with Crippen molar-refractivity contribution in [2.75, 3.05) is 39.6 Å². The molecule has 198 valence electrons. The minimum absolute atomic E-state index is 0.0109. The molecule has 3 aromatic rings. The standard InChI is InChI=1S/C32H36N2O4/c35-27-10-13-29-26(21-27)14-17-34(30(31-22-36-23-38-31)20-24-6-2-1-3-7-24)32(29)25-8-11-28(12-9-25)37-19-18-33-15-4-5-16-33/h1-3,6-13,21-22,30,32,35H,4-5,14-20,23H2. The zero-order chi connectivity index (χ0) is 25.7. The van der Waals surface area contributed by atoms with E-state index < -0.39 is 0 Å². The van der Waals surface area contributed by atoms with Crippen LogP contribution in [0.4, 0.5) is 0 Å². The first kappa shape index (κ1) is 24.8. The van der Waals surface area contributed by atoms with Crippen LogP contribution in [0.15, 0.2) is 84.8 Å². The number of benzene rings is 3. The van der Waals surface area contributed by atoms with E-state index >= 15 is 0 Å². The third kappa shape index (κ3) is 5.52. The average molecular weight is 513 g/mol. The predicted molar refractivity (Wildman–Crippen MR) is 147 cm³/mol. The third-order valence-corrected chi connectivity index (χ3v) is 7.96. The summed E-state index contributed by atoms with van der Waals surface area (Å²) in [7, 11) is 0. The molecular weight excluding hydrogens is 476 g/mol. The van der Waals surface area contributed by atoms with Gasteiger partial charge in [-0.05, 0) is 85.3 Å². The van der Waals surface area contributed by atoms with Gasteiger partial charge in [0.15, 0.2) is 5.76 Å². The highest BCUT2D eigenvalue weighted by Gasteiger charge is 2.37. The van der Waals surface area contributed by atoms with E-state index in [4.69, 9.17) is 14.2 Å². The van der Waals surface area contributed by atoms with Crippen molar-refractivity contribution in [3.63, 3.8) is 0 Å². The van der Waals surface area contributed by atoms with Gasteiger partial charge in [0.25, 0.3) is 0 Å². The molecule has 6 nitrogen and oxygen atoms in total. The van der Waals surface area contributed by atoms with Crippen LogP contribution in [0.2, 0.25) is 0 Å². The second-order valence-electron chi connectivity index (χ2n) is 10.4. The molecule has 3 aliphatic rings. The Balaban J connectivity index is 1.29. The van der Waals surface area contributed by atoms with Crippen molar-refractivity contribution in [2.45, 2.75) is 37.8 Å². The minimum atomic E-state index is 0.0109. The van der Waals surface area contributed by atoms with Gasteiger partial charge in [0, 0.05) is 13.1 Å². The predicted octanol–water partition coefficient (Wildman–Crippen LogP) is 5.27. The van der Waals surface area contributed by atoms with Crippen LogP contribution in [0.3, 0.4) is 0 Å². The highest BCUT2D eigenvalue weighted by Crippen LogP contribution is 2.40. The highest BCUT2D eigenvalue weighted by molar-refractivity contribution is 5.45. The molecule has 6 rings (SSSR count). The van der Waals surface area contributed by atoms with Gasteiger partial charge in [-0.1, -0.05) is 48.5 Å². The lowest BCUT2D eigenvalue weighted by molar-refractivity contribution is 0.0517. The summed E-state index contributed by atoms with van der Waals surface area (Å²) < 4.78 is 17.6. The van der Waals surface area contributed by atoms with Crippen molar-refractivity contribution in [3.8, 4) is 11.5 Å². The molecule has 3 aliphatic heterocycles. The summed E-state index contributed by atoms with van der Waals surface area (Å²) >= 11 is 0. The van der Waals surface area contributed by atoms with E-state index in [-0.39, 0.29) is 18.9 Å². The first-order valence-electron chi connectivity index (χ1n) is 13.8. The van der Waals surface area contributed by atoms with E-state index in [2.05, 4.69) is 64.4 Å². The van der Waals surface area contributed by atoms with E-state index in [1.807, 2.05) is 12.1 Å². The number of aromatic hydroxyl groups is 1. The number of rotatable bonds is 9. The van der Waals surface area contributed by atoms with Crippen molar-refractivity contribution < 1.29 is 19.3 Å². The Kier molecular flexibility index (Phi) is 7.52. The fraction of sp³-hybridized carbons (Fsp3) is 0.375. The molecule has 1 fully saturated rings. The summed E-state index contributed by atoms with van der Waals surface area (Å²) in [4.78, 5) is 4.99. The molecular formula is C32H36N2O4. The Morgan fingerprint density at radius 1 is 0.947 bits per heavy atom. The number of hydrogen-bond donors (Lipinski definition) is 1. The fourth-order valence-electron chi connectivity index (χ4n) is 6.03. The van der Waals surface area contributed by atoms with Crippen LogP contribution in [0.25, 0.3) is 0 Å². The van der Waals surface area contributed by atoms with Crippen molar-refractivity contribution in [2.24, 2.45) is 0 Å². The van der Waals surface area contributed by atoms with Crippen LogP contribution in [-0.2, 0) is 22.3 Å². The number of nitrogens with zero attached hydrogens (tertiary/aromatic N) is 2. The van der Waals surface area contributed by atoms with Crippen LogP contribution >= 0.6 is 0 Å². The van der Waals surface area contributed by atoms with Gasteiger partial charge in [-0.3, -0.25) is 9.80 Å². The van der Waals surface area contributed by atoms with Gasteiger partial charge < -0.3 is 19.3 Å². The molecule has 3 aromatic carbocycles. The monoisotopic (exact) mass is 512 g/mol. The SMILES string of the molecule is Oc1ccc2c(c1)CCN(C(Cc1ccccc1)C1=COCO1)C2c1ccc(OCCN2CCCC2)cc1. The van der Waals surface area contributed by atoms with Gasteiger partial charge in [-0.25, -0.2) is 0 Å². The number of hydrogen-bond acceptors (Lipinski definition) is 6. The molecule has 0 spiro atoms. The number of likely N-dealkylation sites (tertiary alicyclic amines) is 1. The van der Waals surface area contributed by atoms with Crippen LogP contribution in [-0.4, -0.2) is 60.5 Å². The largest absolute Gasteiger partial charge is 0.508 e. The lowest BCUT2D eigenvalue weighted by Crippen LogP contribution is -2.45. The lowest BCUT2D eigenvalue weighted by atomic mass is 9.85. The molecule has 1 saturated heterocycles. The molecule has 3 heterocycles. The Morgan fingerprint density at radius 2 is 1.76 bits per heavy atom. The van der Waals surface area contributed by atoms with Gasteiger partial charge in [0.2, 0.25) is 6.79 Å². The molecule has 0 saturated carbocycles. The second kappa shape index (κ2) is 11.5. The van der Waals surface area contributed by atoms with Gasteiger partial charge >= 0.3 is 0 Å². The smallest absolute Gasteiger partial charge is 0.229 e. The van der Waals surface area contributed by atoms with Crippen molar-refractivity contribution in [3.05, 3.63) is 107 Å². The topological polar surface area (TPSA) is 54.4 Å². The number of phenols is 1. The van der Waals surface area contributed by atoms with E-state index in [0.29, 0.717) is 12.4 Å². The first-order chi connectivity index (χ1) is 18.7. The zero-order valence-electron chi connectivity index (χ0n) is 21.8. The van der Waals surface area contributed by atoms with Crippen molar-refractivity contribution in [1.82, 2.24) is 9.80 Å². The quantitative estimate of drug-likeness (QED) is 0.422. The molecule has 2 atom stereocenters. The van der Waals surface area contributed by atoms with E-state index in [0.717, 1.165) is 37.4 Å². The number of ether oxygens (including phenoxy) is 3. The Labute approximate surface area is 225 Å². The lowest BCUT2D eigenvalue weighted by Gasteiger charge is -2.42. The molecule has 0 aromatic heterocycles. The molecule has 0 amide bonds. The first-order valence-corrected chi connectivity index (χ1v) is 13.8. The van der Waals surface area contributed by atoms with Crippen LogP contribution < -0.4 is 4.74 Å². The van der Waals surface area contributed by atoms with E-state index in [1.165, 1.54) is 48.2 Å². The molecule has 1 N–H and O–H groups in total. The Hall–Kier alpha value is -3.48. The highest BCUT2D eigenvalue weighted by atomic mass is 16.7. The molecule has 0 aliphatic carbocycles. The van der Waals surface area contributed by atoms with Gasteiger partial charge in [-0.2, -0.15) is 0 Å². The molecule has 2 unspecified atom stereocenters. The van der Waals surface area contributed by atoms with E-state index in [9.17, 15) is 5.11 Å². The van der Waals surface area contributed by atoms with Crippen molar-refractivity contribution in [1.29, 1.82) is 0 Å². The summed E-state index contributed by atoms with van der Waals surface area (Å²) in [5.74, 6) is 2.08. The summed E-state index contributed by atoms with van der Waals surface area (Å²) in [6.07, 6.45) is 6.04. The van der Waals surface area contributed by atoms with E-state index in [1.54, 1.807) is 12.3 Å². The minimum Gasteiger partial charge on any atom is -0.508 e. The Bertz CT molecular complexity index is 1240. The van der Waals surface area contributed by atoms with Gasteiger partial charge in [0.1, 0.15) is 24.4 Å². The summed E-state index contributed by atoms with van der Waals surface area (Å²) in [5, 5.41) is 10.2. The van der Waals surface area contributed by atoms with Gasteiger partial charge in [-0.15, -0.1) is 0 Å². The molecule has 6 heteroatoms. The molecule has 38 heavy (non-hydrogen) atoms. The van der Waals surface area contributed by atoms with Crippen LogP contribution in [0.1, 0.15) is 41.1 Å². The second-order valence-corrected chi connectivity index (χ2v) is 10.4. The van der Waals surface area contributed by atoms with Crippen molar-refractivity contribution >= 4 is 0 Å². The average Bonchev–Trinajstić information content (AvgIpc) is 3.67. The van der Waals surface area contributed by atoms with Crippen LogP contribution in [0, 0.1) is 0 Å². The van der Waals surface area contributed by atoms with Crippen LogP contribution in [0.5, 0.6) is 11.5 Å². The summed E-state index contributed by atoms with van der Waals surface area (Å²) in [6.45, 7) is 5.16. The van der Waals surface area contributed by atoms with Gasteiger partial charge in [0.05, 0.1) is 12.1 Å². The normalized spacial score (nSPS) is 20.3. The molecule has 0 bridgehead atoms. The maximum absolute atomic E-state index is 10.2. The maximum Gasteiger partial charge on any atom is 0.229 e. The molecule has 0 radical (unpaired) electrons. The summed E-state index contributed by atoms with van der Waals surface area (Å²) in [5.41, 5.74) is 4.86.